The minimum absolute atomic E-state index is 0.304. The van der Waals surface area contributed by atoms with E-state index >= 15 is 0 Å². The third-order valence-corrected chi connectivity index (χ3v) is 3.68. The maximum atomic E-state index is 12.9. The Kier molecular flexibility index (Phi) is 5.36. The quantitative estimate of drug-likeness (QED) is 0.712. The number of amides is 1. The van der Waals surface area contributed by atoms with Crippen molar-refractivity contribution < 1.29 is 9.18 Å². The van der Waals surface area contributed by atoms with Gasteiger partial charge >= 0.3 is 0 Å². The summed E-state index contributed by atoms with van der Waals surface area (Å²) >= 11 is 0. The molecule has 0 atom stereocenters. The number of carbonyl (C=O) groups excluding carboxylic acids is 1. The number of nitrogens with zero attached hydrogens (tertiary/aromatic N) is 1. The van der Waals surface area contributed by atoms with E-state index in [9.17, 15) is 9.18 Å². The maximum absolute atomic E-state index is 12.9. The molecule has 2 aromatic carbocycles. The van der Waals surface area contributed by atoms with Crippen LogP contribution in [0.5, 0.6) is 0 Å². The molecule has 0 saturated carbocycles. The molecule has 3 aromatic rings. The molecule has 0 aliphatic carbocycles. The first-order valence-corrected chi connectivity index (χ1v) is 8.01. The number of aromatic nitrogens is 1. The molecule has 0 unspecified atom stereocenters. The molecule has 0 radical (unpaired) electrons. The lowest BCUT2D eigenvalue weighted by atomic mass is 10.1. The van der Waals surface area contributed by atoms with Crippen LogP contribution in [0.3, 0.4) is 0 Å². The van der Waals surface area contributed by atoms with Crippen molar-refractivity contribution in [2.45, 2.75) is 6.42 Å². The van der Waals surface area contributed by atoms with Crippen LogP contribution in [0.1, 0.15) is 16.1 Å². The lowest BCUT2D eigenvalue weighted by molar-refractivity contribution is 0.102. The van der Waals surface area contributed by atoms with Crippen LogP contribution in [0.25, 0.3) is 0 Å². The van der Waals surface area contributed by atoms with Crippen LogP contribution in [0.2, 0.25) is 0 Å². The first-order valence-electron chi connectivity index (χ1n) is 8.01. The van der Waals surface area contributed by atoms with Crippen LogP contribution in [0, 0.1) is 5.82 Å². The summed E-state index contributed by atoms with van der Waals surface area (Å²) in [5.41, 5.74) is 2.95. The molecule has 0 aliphatic rings. The van der Waals surface area contributed by atoms with E-state index in [2.05, 4.69) is 27.8 Å². The Morgan fingerprint density at radius 2 is 1.64 bits per heavy atom. The molecule has 0 spiro atoms. The zero-order valence-corrected chi connectivity index (χ0v) is 13.6. The fourth-order valence-corrected chi connectivity index (χ4v) is 2.36. The number of anilines is 2. The van der Waals surface area contributed by atoms with E-state index in [1.165, 1.54) is 29.8 Å². The number of pyridine rings is 1. The highest BCUT2D eigenvalue weighted by atomic mass is 19.1. The van der Waals surface area contributed by atoms with E-state index < -0.39 is 0 Å². The molecule has 0 aliphatic heterocycles. The van der Waals surface area contributed by atoms with Crippen LogP contribution in [0.4, 0.5) is 15.8 Å². The second-order valence-electron chi connectivity index (χ2n) is 5.56. The number of hydrogen-bond acceptors (Lipinski definition) is 3. The van der Waals surface area contributed by atoms with Gasteiger partial charge in [0.05, 0.1) is 11.9 Å². The van der Waals surface area contributed by atoms with Crippen LogP contribution < -0.4 is 10.6 Å². The zero-order chi connectivity index (χ0) is 17.5. The van der Waals surface area contributed by atoms with Crippen molar-refractivity contribution in [1.82, 2.24) is 4.98 Å². The normalized spacial score (nSPS) is 10.3. The number of carbonyl (C=O) groups is 1. The Balaban J connectivity index is 1.52. The molecule has 0 saturated heterocycles. The molecule has 5 heteroatoms. The fraction of sp³-hybridized carbons (Fsp3) is 0.100. The van der Waals surface area contributed by atoms with Gasteiger partial charge in [-0.2, -0.15) is 0 Å². The van der Waals surface area contributed by atoms with Crippen molar-refractivity contribution in [1.29, 1.82) is 0 Å². The summed E-state index contributed by atoms with van der Waals surface area (Å²) in [5.74, 6) is -0.676. The van der Waals surface area contributed by atoms with Gasteiger partial charge < -0.3 is 10.6 Å². The Hall–Kier alpha value is -3.21. The molecule has 2 N–H and O–H groups in total. The molecule has 25 heavy (non-hydrogen) atoms. The van der Waals surface area contributed by atoms with Gasteiger partial charge in [0.1, 0.15) is 11.5 Å². The fourth-order valence-electron chi connectivity index (χ4n) is 2.36. The average Bonchev–Trinajstić information content (AvgIpc) is 2.65. The molecule has 0 bridgehead atoms. The molecule has 1 amide bonds. The third kappa shape index (κ3) is 4.88. The van der Waals surface area contributed by atoms with Gasteiger partial charge in [0.2, 0.25) is 0 Å². The zero-order valence-electron chi connectivity index (χ0n) is 13.6. The van der Waals surface area contributed by atoms with Crippen molar-refractivity contribution in [3.8, 4) is 0 Å². The lowest BCUT2D eigenvalue weighted by Crippen LogP contribution is -2.14. The number of rotatable bonds is 6. The van der Waals surface area contributed by atoms with Crippen LogP contribution in [0.15, 0.2) is 72.9 Å². The minimum Gasteiger partial charge on any atom is -0.383 e. The monoisotopic (exact) mass is 335 g/mol. The van der Waals surface area contributed by atoms with Gasteiger partial charge in [0.25, 0.3) is 5.91 Å². The van der Waals surface area contributed by atoms with Crippen molar-refractivity contribution in [3.05, 3.63) is 90.0 Å². The summed E-state index contributed by atoms with van der Waals surface area (Å²) in [6.45, 7) is 0.785. The van der Waals surface area contributed by atoms with Crippen molar-refractivity contribution in [2.24, 2.45) is 0 Å². The number of benzene rings is 2. The Morgan fingerprint density at radius 1 is 0.920 bits per heavy atom. The second-order valence-corrected chi connectivity index (χ2v) is 5.56. The highest BCUT2D eigenvalue weighted by Gasteiger charge is 2.07. The first-order chi connectivity index (χ1) is 12.2. The number of halogens is 1. The summed E-state index contributed by atoms with van der Waals surface area (Å²) in [5, 5.41) is 5.96. The van der Waals surface area contributed by atoms with Gasteiger partial charge in [-0.1, -0.05) is 30.3 Å². The van der Waals surface area contributed by atoms with Gasteiger partial charge in [-0.05, 0) is 48.4 Å². The molecule has 1 heterocycles. The predicted molar refractivity (Wildman–Crippen MR) is 97.2 cm³/mol. The summed E-state index contributed by atoms with van der Waals surface area (Å²) in [7, 11) is 0. The predicted octanol–water partition coefficient (Wildman–Crippen LogP) is 4.13. The smallest absolute Gasteiger partial charge is 0.274 e. The van der Waals surface area contributed by atoms with Crippen LogP contribution >= 0.6 is 0 Å². The topological polar surface area (TPSA) is 54.0 Å². The van der Waals surface area contributed by atoms with E-state index in [1.807, 2.05) is 24.3 Å². The molecular weight excluding hydrogens is 317 g/mol. The molecule has 4 nitrogen and oxygen atoms in total. The van der Waals surface area contributed by atoms with Crippen LogP contribution in [-0.4, -0.2) is 17.4 Å². The Bertz CT molecular complexity index is 818. The van der Waals surface area contributed by atoms with E-state index in [1.54, 1.807) is 12.3 Å². The molecule has 1 aromatic heterocycles. The Labute approximate surface area is 145 Å². The number of nitrogens with one attached hydrogen (secondary N) is 2. The van der Waals surface area contributed by atoms with E-state index in [-0.39, 0.29) is 11.7 Å². The molecule has 126 valence electrons. The lowest BCUT2D eigenvalue weighted by Gasteiger charge is -2.08. The molecule has 0 fully saturated rings. The van der Waals surface area contributed by atoms with Crippen LogP contribution in [-0.2, 0) is 6.42 Å². The summed E-state index contributed by atoms with van der Waals surface area (Å²) in [4.78, 5) is 16.3. The van der Waals surface area contributed by atoms with E-state index in [0.29, 0.717) is 11.4 Å². The van der Waals surface area contributed by atoms with Crippen molar-refractivity contribution in [2.75, 3.05) is 17.2 Å². The van der Waals surface area contributed by atoms with Crippen molar-refractivity contribution >= 4 is 17.3 Å². The number of hydrogen-bond donors (Lipinski definition) is 2. The third-order valence-electron chi connectivity index (χ3n) is 3.68. The summed E-state index contributed by atoms with van der Waals surface area (Å²) in [6, 6.07) is 19.3. The summed E-state index contributed by atoms with van der Waals surface area (Å²) in [6.07, 6.45) is 2.54. The van der Waals surface area contributed by atoms with Gasteiger partial charge in [-0.25, -0.2) is 9.37 Å². The van der Waals surface area contributed by atoms with Crippen molar-refractivity contribution in [3.63, 3.8) is 0 Å². The highest BCUT2D eigenvalue weighted by Crippen LogP contribution is 2.11. The largest absolute Gasteiger partial charge is 0.383 e. The first kappa shape index (κ1) is 16.6. The van der Waals surface area contributed by atoms with Gasteiger partial charge in [-0.3, -0.25) is 4.79 Å². The standard InChI is InChI=1S/C20H18FN3O/c21-16-6-8-17(9-7-16)24-20(25)19-11-10-18(14-23-19)22-13-12-15-4-2-1-3-5-15/h1-11,14,22H,12-13H2,(H,24,25). The van der Waals surface area contributed by atoms with Gasteiger partial charge in [0.15, 0.2) is 0 Å². The molecule has 3 rings (SSSR count). The molecular formula is C20H18FN3O. The van der Waals surface area contributed by atoms with Gasteiger partial charge in [-0.15, -0.1) is 0 Å². The SMILES string of the molecule is O=C(Nc1ccc(F)cc1)c1ccc(NCCc2ccccc2)cn1. The van der Waals surface area contributed by atoms with E-state index in [4.69, 9.17) is 0 Å². The average molecular weight is 335 g/mol. The highest BCUT2D eigenvalue weighted by molar-refractivity contribution is 6.02. The van der Waals surface area contributed by atoms with E-state index in [0.717, 1.165) is 18.7 Å². The Morgan fingerprint density at radius 3 is 2.32 bits per heavy atom. The summed E-state index contributed by atoms with van der Waals surface area (Å²) < 4.78 is 12.9. The van der Waals surface area contributed by atoms with Gasteiger partial charge in [0, 0.05) is 12.2 Å². The minimum atomic E-state index is -0.345. The second kappa shape index (κ2) is 8.06. The maximum Gasteiger partial charge on any atom is 0.274 e.